The number of nitrogens with one attached hydrogen (secondary N) is 2. The molecule has 1 fully saturated rings. The molecule has 1 amide bonds. The Bertz CT molecular complexity index is 1150. The number of piperidine rings is 1. The number of rotatable bonds is 8. The van der Waals surface area contributed by atoms with Crippen LogP contribution < -0.4 is 5.32 Å². The Morgan fingerprint density at radius 1 is 1.19 bits per heavy atom. The molecule has 2 aromatic heterocycles. The average molecular weight is 475 g/mol. The number of carbonyl (C=O) groups is 1. The maximum absolute atomic E-state index is 12.8. The van der Waals surface area contributed by atoms with Crippen LogP contribution in [0.25, 0.3) is 10.9 Å². The Labute approximate surface area is 193 Å². The number of nitrogens with zero attached hydrogens (tertiary/aromatic N) is 2. The van der Waals surface area contributed by atoms with E-state index in [-0.39, 0.29) is 15.8 Å². The molecule has 3 aromatic rings. The summed E-state index contributed by atoms with van der Waals surface area (Å²) in [4.78, 5) is 19.7. The van der Waals surface area contributed by atoms with Gasteiger partial charge >= 0.3 is 0 Å². The predicted octanol–water partition coefficient (Wildman–Crippen LogP) is 4.22. The molecule has 1 saturated heterocycles. The summed E-state index contributed by atoms with van der Waals surface area (Å²) in [7, 11) is -3.54. The normalized spacial score (nSPS) is 15.8. The number of aromatic amines is 1. The van der Waals surface area contributed by atoms with Crippen molar-refractivity contribution in [2.45, 2.75) is 37.0 Å². The third-order valence-electron chi connectivity index (χ3n) is 6.02. The first-order valence-corrected chi connectivity index (χ1v) is 12.7. The van der Waals surface area contributed by atoms with E-state index in [2.05, 4.69) is 15.3 Å². The quantitative estimate of drug-likeness (QED) is 0.478. The Balaban J connectivity index is 1.17. The Morgan fingerprint density at radius 3 is 2.72 bits per heavy atom. The number of pyridine rings is 1. The fraction of sp³-hybridized carbons (Fsp3) is 0.391. The highest BCUT2D eigenvalue weighted by Crippen LogP contribution is 2.29. The molecule has 4 rings (SSSR count). The van der Waals surface area contributed by atoms with Crippen molar-refractivity contribution in [1.82, 2.24) is 19.6 Å². The highest BCUT2D eigenvalue weighted by atomic mass is 35.5. The van der Waals surface area contributed by atoms with Gasteiger partial charge in [-0.1, -0.05) is 36.6 Å². The van der Waals surface area contributed by atoms with Gasteiger partial charge in [0.15, 0.2) is 0 Å². The fourth-order valence-corrected chi connectivity index (χ4v) is 6.14. The molecule has 0 unspecified atom stereocenters. The van der Waals surface area contributed by atoms with Gasteiger partial charge in [-0.15, -0.1) is 0 Å². The zero-order valence-corrected chi connectivity index (χ0v) is 19.3. The first-order valence-electron chi connectivity index (χ1n) is 10.9. The van der Waals surface area contributed by atoms with E-state index in [9.17, 15) is 13.2 Å². The standard InChI is InChI=1S/C23H27ClN4O3S/c24-19-6-1-2-7-22(19)32(30,31)28-13-9-17(10-14-28)5-3-4-11-26-23(29)21-15-18-16-25-12-8-20(18)27-21/h1-2,6-8,12,15-17,27H,3-5,9-11,13-14H2,(H,26,29). The van der Waals surface area contributed by atoms with Crippen LogP contribution in [0.1, 0.15) is 42.6 Å². The van der Waals surface area contributed by atoms with Crippen molar-refractivity contribution in [3.63, 3.8) is 0 Å². The van der Waals surface area contributed by atoms with Crippen molar-refractivity contribution in [3.8, 4) is 0 Å². The smallest absolute Gasteiger partial charge is 0.267 e. The van der Waals surface area contributed by atoms with Crippen LogP contribution in [0.4, 0.5) is 0 Å². The molecule has 1 aliphatic rings. The molecule has 9 heteroatoms. The molecular formula is C23H27ClN4O3S. The van der Waals surface area contributed by atoms with Crippen molar-refractivity contribution in [2.75, 3.05) is 19.6 Å². The van der Waals surface area contributed by atoms with E-state index in [1.807, 2.05) is 12.1 Å². The van der Waals surface area contributed by atoms with Crippen LogP contribution in [-0.2, 0) is 10.0 Å². The number of fused-ring (bicyclic) bond motifs is 1. The van der Waals surface area contributed by atoms with Crippen molar-refractivity contribution in [2.24, 2.45) is 5.92 Å². The van der Waals surface area contributed by atoms with Crippen LogP contribution in [0.3, 0.4) is 0 Å². The summed E-state index contributed by atoms with van der Waals surface area (Å²) in [6.07, 6.45) is 8.04. The van der Waals surface area contributed by atoms with Gasteiger partial charge in [-0.05, 0) is 49.4 Å². The van der Waals surface area contributed by atoms with E-state index in [4.69, 9.17) is 11.6 Å². The molecule has 0 radical (unpaired) electrons. The number of halogens is 1. The second-order valence-electron chi connectivity index (χ2n) is 8.18. The number of hydrogen-bond acceptors (Lipinski definition) is 4. The molecule has 0 atom stereocenters. The van der Waals surface area contributed by atoms with E-state index < -0.39 is 10.0 Å². The molecule has 1 aromatic carbocycles. The van der Waals surface area contributed by atoms with Crippen LogP contribution in [0.5, 0.6) is 0 Å². The molecule has 170 valence electrons. The van der Waals surface area contributed by atoms with Gasteiger partial charge in [0.05, 0.1) is 5.02 Å². The summed E-state index contributed by atoms with van der Waals surface area (Å²) in [6.45, 7) is 1.65. The third-order valence-corrected chi connectivity index (χ3v) is 8.42. The fourth-order valence-electron chi connectivity index (χ4n) is 4.18. The van der Waals surface area contributed by atoms with Gasteiger partial charge in [-0.3, -0.25) is 9.78 Å². The first kappa shape index (κ1) is 22.8. The molecule has 0 aliphatic carbocycles. The lowest BCUT2D eigenvalue weighted by molar-refractivity contribution is 0.0948. The van der Waals surface area contributed by atoms with Crippen molar-refractivity contribution >= 4 is 38.4 Å². The molecule has 2 N–H and O–H groups in total. The zero-order chi connectivity index (χ0) is 22.6. The number of sulfonamides is 1. The minimum Gasteiger partial charge on any atom is -0.351 e. The van der Waals surface area contributed by atoms with Gasteiger partial charge < -0.3 is 10.3 Å². The lowest BCUT2D eigenvalue weighted by Crippen LogP contribution is -2.38. The second-order valence-corrected chi connectivity index (χ2v) is 10.5. The van der Waals surface area contributed by atoms with Gasteiger partial charge in [-0.25, -0.2) is 8.42 Å². The molecule has 0 bridgehead atoms. The number of hydrogen-bond donors (Lipinski definition) is 2. The van der Waals surface area contributed by atoms with E-state index in [0.29, 0.717) is 31.2 Å². The van der Waals surface area contributed by atoms with E-state index in [0.717, 1.165) is 43.0 Å². The van der Waals surface area contributed by atoms with Gasteiger partial charge in [0.25, 0.3) is 5.91 Å². The summed E-state index contributed by atoms with van der Waals surface area (Å²) in [5, 5.41) is 4.14. The number of amides is 1. The molecule has 7 nitrogen and oxygen atoms in total. The number of aromatic nitrogens is 2. The molecule has 1 aliphatic heterocycles. The Morgan fingerprint density at radius 2 is 1.97 bits per heavy atom. The predicted molar refractivity (Wildman–Crippen MR) is 125 cm³/mol. The van der Waals surface area contributed by atoms with Crippen LogP contribution in [0.2, 0.25) is 5.02 Å². The molecule has 32 heavy (non-hydrogen) atoms. The monoisotopic (exact) mass is 474 g/mol. The van der Waals surface area contributed by atoms with Crippen LogP contribution in [-0.4, -0.2) is 48.2 Å². The van der Waals surface area contributed by atoms with Gasteiger partial charge in [0.1, 0.15) is 10.6 Å². The van der Waals surface area contributed by atoms with E-state index >= 15 is 0 Å². The molecular weight excluding hydrogens is 448 g/mol. The summed E-state index contributed by atoms with van der Waals surface area (Å²) in [5.74, 6) is 0.392. The third kappa shape index (κ3) is 5.14. The molecule has 0 saturated carbocycles. The topological polar surface area (TPSA) is 95.2 Å². The van der Waals surface area contributed by atoms with Crippen molar-refractivity contribution in [3.05, 3.63) is 59.5 Å². The van der Waals surface area contributed by atoms with Crippen LogP contribution in [0.15, 0.2) is 53.7 Å². The maximum atomic E-state index is 12.8. The Kier molecular flexibility index (Phi) is 7.13. The van der Waals surface area contributed by atoms with E-state index in [1.54, 1.807) is 41.0 Å². The SMILES string of the molecule is O=C(NCCCCC1CCN(S(=O)(=O)c2ccccc2Cl)CC1)c1cc2cnccc2[nH]1. The lowest BCUT2D eigenvalue weighted by atomic mass is 9.92. The second kappa shape index (κ2) is 10.0. The Hall–Kier alpha value is -2.42. The van der Waals surface area contributed by atoms with Crippen molar-refractivity contribution < 1.29 is 13.2 Å². The highest BCUT2D eigenvalue weighted by Gasteiger charge is 2.30. The summed E-state index contributed by atoms with van der Waals surface area (Å²) >= 11 is 6.10. The summed E-state index contributed by atoms with van der Waals surface area (Å²) in [6, 6.07) is 10.2. The van der Waals surface area contributed by atoms with Gasteiger partial charge in [0, 0.05) is 42.9 Å². The van der Waals surface area contributed by atoms with Crippen LogP contribution >= 0.6 is 11.6 Å². The molecule has 3 heterocycles. The summed E-state index contributed by atoms with van der Waals surface area (Å²) in [5.41, 5.74) is 1.44. The maximum Gasteiger partial charge on any atom is 0.267 e. The molecule has 0 spiro atoms. The number of carbonyl (C=O) groups excluding carboxylic acids is 1. The summed E-state index contributed by atoms with van der Waals surface area (Å²) < 4.78 is 27.2. The first-order chi connectivity index (χ1) is 15.4. The zero-order valence-electron chi connectivity index (χ0n) is 17.8. The average Bonchev–Trinajstić information content (AvgIpc) is 3.24. The van der Waals surface area contributed by atoms with E-state index in [1.165, 1.54) is 0 Å². The minimum absolute atomic E-state index is 0.112. The van der Waals surface area contributed by atoms with Gasteiger partial charge in [0.2, 0.25) is 10.0 Å². The number of H-pyrrole nitrogens is 1. The largest absolute Gasteiger partial charge is 0.351 e. The minimum atomic E-state index is -3.54. The highest BCUT2D eigenvalue weighted by molar-refractivity contribution is 7.89. The number of benzene rings is 1. The number of unbranched alkanes of at least 4 members (excludes halogenated alkanes) is 1. The van der Waals surface area contributed by atoms with Crippen LogP contribution in [0, 0.1) is 5.92 Å². The van der Waals surface area contributed by atoms with Gasteiger partial charge in [-0.2, -0.15) is 4.31 Å². The van der Waals surface area contributed by atoms with Crippen molar-refractivity contribution in [1.29, 1.82) is 0 Å². The lowest BCUT2D eigenvalue weighted by Gasteiger charge is -2.31.